The predicted molar refractivity (Wildman–Crippen MR) is 66.4 cm³/mol. The molecule has 1 aromatic carbocycles. The monoisotopic (exact) mass is 315 g/mol. The minimum atomic E-state index is -4.74. The zero-order valence-electron chi connectivity index (χ0n) is 10.0. The minimum Gasteiger partial charge on any atom is -0.269 e. The van der Waals surface area contributed by atoms with E-state index in [0.29, 0.717) is 21.3 Å². The summed E-state index contributed by atoms with van der Waals surface area (Å²) in [7, 11) is 0. The Hall–Kier alpha value is -2.42. The van der Waals surface area contributed by atoms with Gasteiger partial charge in [0.2, 0.25) is 0 Å². The average Bonchev–Trinajstić information content (AvgIpc) is 2.87. The fourth-order valence-electron chi connectivity index (χ4n) is 1.85. The number of alkyl halides is 3. The van der Waals surface area contributed by atoms with Crippen molar-refractivity contribution in [3.63, 3.8) is 0 Å². The average molecular weight is 316 g/mol. The summed E-state index contributed by atoms with van der Waals surface area (Å²) in [6.07, 6.45) is -4.74. The second kappa shape index (κ2) is 4.55. The van der Waals surface area contributed by atoms with Gasteiger partial charge in [0.1, 0.15) is 0 Å². The number of halogens is 4. The number of nitrogens with zero attached hydrogens (tertiary/aromatic N) is 5. The van der Waals surface area contributed by atoms with Crippen LogP contribution in [0.5, 0.6) is 0 Å². The maximum absolute atomic E-state index is 12.9. The van der Waals surface area contributed by atoms with E-state index in [0.717, 1.165) is 4.57 Å². The summed E-state index contributed by atoms with van der Waals surface area (Å²) >= 11 is 5.74. The normalized spacial score (nSPS) is 12.0. The van der Waals surface area contributed by atoms with Gasteiger partial charge < -0.3 is 0 Å². The van der Waals surface area contributed by atoms with E-state index < -0.39 is 17.4 Å². The molecule has 0 aliphatic heterocycles. The highest BCUT2D eigenvalue weighted by Gasteiger charge is 2.36. The second-order valence-electron chi connectivity index (χ2n) is 4.07. The molecule has 0 atom stereocenters. The lowest BCUT2D eigenvalue weighted by Gasteiger charge is -2.11. The quantitative estimate of drug-likeness (QED) is 0.688. The molecule has 2 heterocycles. The van der Waals surface area contributed by atoms with Gasteiger partial charge in [-0.15, -0.1) is 0 Å². The van der Waals surface area contributed by atoms with Gasteiger partial charge in [-0.05, 0) is 34.7 Å². The van der Waals surface area contributed by atoms with Crippen molar-refractivity contribution in [3.8, 4) is 5.69 Å². The number of hydrogen-bond acceptors (Lipinski definition) is 4. The molecule has 10 heteroatoms. The maximum Gasteiger partial charge on any atom is 0.433 e. The van der Waals surface area contributed by atoms with E-state index in [1.165, 1.54) is 24.3 Å². The van der Waals surface area contributed by atoms with Crippen LogP contribution in [-0.4, -0.2) is 24.6 Å². The molecule has 0 spiro atoms. The molecule has 21 heavy (non-hydrogen) atoms. The van der Waals surface area contributed by atoms with Crippen LogP contribution in [0, 0.1) is 0 Å². The lowest BCUT2D eigenvalue weighted by atomic mass is 10.3. The molecular weight excluding hydrogens is 311 g/mol. The number of hydrogen-bond donors (Lipinski definition) is 0. The Morgan fingerprint density at radius 2 is 1.81 bits per heavy atom. The topological polar surface area (TPSA) is 65.1 Å². The van der Waals surface area contributed by atoms with Gasteiger partial charge in [0.25, 0.3) is 11.3 Å². The molecule has 0 bridgehead atoms. The molecular formula is C11H5ClF3N5O. The van der Waals surface area contributed by atoms with Gasteiger partial charge in [-0.2, -0.15) is 17.7 Å². The molecule has 0 aliphatic carbocycles. The van der Waals surface area contributed by atoms with E-state index in [2.05, 4.69) is 15.5 Å². The van der Waals surface area contributed by atoms with Crippen LogP contribution >= 0.6 is 11.6 Å². The van der Waals surface area contributed by atoms with Crippen LogP contribution in [0.1, 0.15) is 5.69 Å². The molecule has 0 fully saturated rings. The van der Waals surface area contributed by atoms with Crippen molar-refractivity contribution in [3.05, 3.63) is 51.4 Å². The molecule has 0 N–H and O–H groups in total. The number of tetrazole rings is 1. The Balaban J connectivity index is 2.36. The molecule has 3 aromatic rings. The number of rotatable bonds is 1. The van der Waals surface area contributed by atoms with Crippen molar-refractivity contribution in [2.45, 2.75) is 6.18 Å². The van der Waals surface area contributed by atoms with Gasteiger partial charge in [-0.25, -0.2) is 4.57 Å². The van der Waals surface area contributed by atoms with Crippen LogP contribution in [0.4, 0.5) is 13.2 Å². The third-order valence-electron chi connectivity index (χ3n) is 2.74. The first kappa shape index (κ1) is 13.6. The van der Waals surface area contributed by atoms with Gasteiger partial charge in [-0.3, -0.25) is 4.79 Å². The van der Waals surface area contributed by atoms with Gasteiger partial charge in [-0.1, -0.05) is 16.7 Å². The Kier molecular flexibility index (Phi) is 2.94. The van der Waals surface area contributed by atoms with E-state index in [4.69, 9.17) is 11.6 Å². The Bertz CT molecular complexity index is 868. The van der Waals surface area contributed by atoms with Gasteiger partial charge >= 0.3 is 6.18 Å². The largest absolute Gasteiger partial charge is 0.433 e. The molecule has 3 rings (SSSR count). The van der Waals surface area contributed by atoms with Crippen molar-refractivity contribution >= 4 is 17.4 Å². The smallest absolute Gasteiger partial charge is 0.269 e. The van der Waals surface area contributed by atoms with Crippen molar-refractivity contribution in [2.75, 3.05) is 0 Å². The molecule has 0 radical (unpaired) electrons. The van der Waals surface area contributed by atoms with Gasteiger partial charge in [0, 0.05) is 11.1 Å². The van der Waals surface area contributed by atoms with Crippen LogP contribution in [-0.2, 0) is 6.18 Å². The van der Waals surface area contributed by atoms with E-state index >= 15 is 0 Å². The van der Waals surface area contributed by atoms with E-state index in [1.54, 1.807) is 0 Å². The maximum atomic E-state index is 12.9. The molecule has 108 valence electrons. The second-order valence-corrected chi connectivity index (χ2v) is 4.50. The summed E-state index contributed by atoms with van der Waals surface area (Å²) in [6.45, 7) is 0. The summed E-state index contributed by atoms with van der Waals surface area (Å²) in [5.74, 6) is -0.336. The predicted octanol–water partition coefficient (Wildman–Crippen LogP) is 1.95. The Morgan fingerprint density at radius 1 is 1.14 bits per heavy atom. The molecule has 0 saturated carbocycles. The highest BCUT2D eigenvalue weighted by atomic mass is 35.5. The van der Waals surface area contributed by atoms with Crippen LogP contribution < -0.4 is 5.56 Å². The molecule has 0 amide bonds. The van der Waals surface area contributed by atoms with Crippen molar-refractivity contribution < 1.29 is 13.2 Å². The first-order valence-electron chi connectivity index (χ1n) is 5.55. The molecule has 0 unspecified atom stereocenters. The number of aromatic nitrogens is 5. The van der Waals surface area contributed by atoms with Crippen molar-refractivity contribution in [2.24, 2.45) is 0 Å². The lowest BCUT2D eigenvalue weighted by molar-refractivity contribution is -0.142. The summed E-state index contributed by atoms with van der Waals surface area (Å²) in [6, 6.07) is 6.40. The first-order chi connectivity index (χ1) is 9.88. The summed E-state index contributed by atoms with van der Waals surface area (Å²) in [4.78, 5) is 12.0. The van der Waals surface area contributed by atoms with Crippen molar-refractivity contribution in [1.82, 2.24) is 24.6 Å². The van der Waals surface area contributed by atoms with Gasteiger partial charge in [0.15, 0.2) is 5.69 Å². The summed E-state index contributed by atoms with van der Waals surface area (Å²) in [5, 5.41) is 10.4. The van der Waals surface area contributed by atoms with E-state index in [-0.39, 0.29) is 5.78 Å². The molecule has 6 nitrogen and oxygen atoms in total. The zero-order valence-corrected chi connectivity index (χ0v) is 10.8. The van der Waals surface area contributed by atoms with Gasteiger partial charge in [0.05, 0.1) is 5.69 Å². The fraction of sp³-hybridized carbons (Fsp3) is 0.0909. The van der Waals surface area contributed by atoms with E-state index in [1.807, 2.05) is 0 Å². The Labute approximate surface area is 119 Å². The molecule has 0 saturated heterocycles. The molecule has 0 aliphatic rings. The SMILES string of the molecule is O=c1cc(C(F)(F)F)n2nnnc2n1-c1ccc(Cl)cc1. The minimum absolute atomic E-state index is 0.304. The van der Waals surface area contributed by atoms with E-state index in [9.17, 15) is 18.0 Å². The van der Waals surface area contributed by atoms with Crippen LogP contribution in [0.3, 0.4) is 0 Å². The zero-order chi connectivity index (χ0) is 15.2. The summed E-state index contributed by atoms with van der Waals surface area (Å²) < 4.78 is 40.1. The third-order valence-corrected chi connectivity index (χ3v) is 2.99. The fourth-order valence-corrected chi connectivity index (χ4v) is 1.98. The highest BCUT2D eigenvalue weighted by molar-refractivity contribution is 6.30. The van der Waals surface area contributed by atoms with Crippen LogP contribution in [0.15, 0.2) is 35.1 Å². The standard InChI is InChI=1S/C11H5ClF3N5O/c12-6-1-3-7(4-2-6)19-9(21)5-8(11(13,14)15)20-10(19)16-17-18-20/h1-5H. The lowest BCUT2D eigenvalue weighted by Crippen LogP contribution is -2.26. The van der Waals surface area contributed by atoms with Crippen LogP contribution in [0.2, 0.25) is 5.02 Å². The first-order valence-corrected chi connectivity index (χ1v) is 5.93. The Morgan fingerprint density at radius 3 is 2.43 bits per heavy atom. The van der Waals surface area contributed by atoms with Crippen molar-refractivity contribution in [1.29, 1.82) is 0 Å². The number of fused-ring (bicyclic) bond motifs is 1. The van der Waals surface area contributed by atoms with Crippen LogP contribution in [0.25, 0.3) is 11.5 Å². The summed E-state index contributed by atoms with van der Waals surface area (Å²) in [5.41, 5.74) is -1.83. The third kappa shape index (κ3) is 2.25. The molecule has 2 aromatic heterocycles. The number of benzene rings is 1. The highest BCUT2D eigenvalue weighted by Crippen LogP contribution is 2.28.